The highest BCUT2D eigenvalue weighted by Crippen LogP contribution is 2.28. The molecular weight excluding hydrogens is 242 g/mol. The summed E-state index contributed by atoms with van der Waals surface area (Å²) in [6.07, 6.45) is 0.912. The Labute approximate surface area is 113 Å². The fourth-order valence-electron chi connectivity index (χ4n) is 2.76. The third kappa shape index (κ3) is 2.59. The van der Waals surface area contributed by atoms with Gasteiger partial charge in [-0.05, 0) is 25.0 Å². The maximum atomic E-state index is 12.5. The molecule has 0 aliphatic carbocycles. The largest absolute Gasteiger partial charge is 0.492 e. The Morgan fingerprint density at radius 1 is 1.37 bits per heavy atom. The topological polar surface area (TPSA) is 38.8 Å². The molecule has 3 rings (SSSR count). The van der Waals surface area contributed by atoms with Crippen molar-refractivity contribution in [3.05, 3.63) is 29.8 Å². The minimum absolute atomic E-state index is 0.0554. The Kier molecular flexibility index (Phi) is 3.42. The first-order chi connectivity index (χ1) is 9.24. The Hall–Kier alpha value is -1.55. The van der Waals surface area contributed by atoms with Crippen molar-refractivity contribution in [1.29, 1.82) is 0 Å². The number of para-hydroxylation sites is 1. The second kappa shape index (κ2) is 5.21. The van der Waals surface area contributed by atoms with E-state index in [1.54, 1.807) is 0 Å². The molecule has 2 heterocycles. The maximum Gasteiger partial charge on any atom is 0.229 e. The van der Waals surface area contributed by atoms with E-state index in [1.165, 1.54) is 0 Å². The summed E-state index contributed by atoms with van der Waals surface area (Å²) < 4.78 is 11.2. The van der Waals surface area contributed by atoms with Crippen LogP contribution in [-0.2, 0) is 16.0 Å². The number of carbonyl (C=O) groups excluding carboxylic acids is 1. The van der Waals surface area contributed by atoms with E-state index in [1.807, 2.05) is 36.1 Å². The van der Waals surface area contributed by atoms with Crippen molar-refractivity contribution in [2.24, 2.45) is 5.92 Å². The number of fused-ring (bicyclic) bond motifs is 1. The van der Waals surface area contributed by atoms with Gasteiger partial charge in [-0.15, -0.1) is 0 Å². The van der Waals surface area contributed by atoms with Crippen molar-refractivity contribution in [3.8, 4) is 5.75 Å². The molecule has 0 radical (unpaired) electrons. The van der Waals surface area contributed by atoms with E-state index in [4.69, 9.17) is 9.47 Å². The van der Waals surface area contributed by atoms with Crippen LogP contribution in [0, 0.1) is 5.92 Å². The molecule has 1 aromatic rings. The molecule has 4 heteroatoms. The Bertz CT molecular complexity index is 474. The van der Waals surface area contributed by atoms with E-state index in [0.717, 1.165) is 17.7 Å². The number of nitrogens with zero attached hydrogens (tertiary/aromatic N) is 1. The van der Waals surface area contributed by atoms with Crippen LogP contribution in [0.25, 0.3) is 0 Å². The zero-order chi connectivity index (χ0) is 13.2. The van der Waals surface area contributed by atoms with E-state index in [9.17, 15) is 4.79 Å². The fourth-order valence-corrected chi connectivity index (χ4v) is 2.76. The summed E-state index contributed by atoms with van der Waals surface area (Å²) in [6.45, 7) is 4.52. The van der Waals surface area contributed by atoms with Gasteiger partial charge in [-0.2, -0.15) is 0 Å². The summed E-state index contributed by atoms with van der Waals surface area (Å²) in [6, 6.07) is 7.96. The van der Waals surface area contributed by atoms with Crippen molar-refractivity contribution < 1.29 is 14.3 Å². The monoisotopic (exact) mass is 261 g/mol. The highest BCUT2D eigenvalue weighted by molar-refractivity contribution is 5.80. The molecule has 0 bridgehead atoms. The second-order valence-electron chi connectivity index (χ2n) is 5.29. The zero-order valence-corrected chi connectivity index (χ0v) is 11.2. The number of hydrogen-bond donors (Lipinski definition) is 0. The molecule has 0 spiro atoms. The van der Waals surface area contributed by atoms with Crippen LogP contribution in [0.3, 0.4) is 0 Å². The summed E-state index contributed by atoms with van der Waals surface area (Å²) in [4.78, 5) is 14.4. The Morgan fingerprint density at radius 3 is 3.05 bits per heavy atom. The summed E-state index contributed by atoms with van der Waals surface area (Å²) in [7, 11) is 0. The van der Waals surface area contributed by atoms with E-state index < -0.39 is 0 Å². The molecule has 2 unspecified atom stereocenters. The van der Waals surface area contributed by atoms with Gasteiger partial charge in [0.1, 0.15) is 12.4 Å². The molecule has 19 heavy (non-hydrogen) atoms. The molecule has 2 aliphatic heterocycles. The molecule has 1 aromatic carbocycles. The number of morpholine rings is 1. The van der Waals surface area contributed by atoms with Gasteiger partial charge >= 0.3 is 0 Å². The van der Waals surface area contributed by atoms with E-state index in [-0.39, 0.29) is 17.9 Å². The van der Waals surface area contributed by atoms with Crippen LogP contribution in [0.5, 0.6) is 5.75 Å². The van der Waals surface area contributed by atoms with Crippen LogP contribution in [0.15, 0.2) is 24.3 Å². The molecule has 2 atom stereocenters. The minimum Gasteiger partial charge on any atom is -0.492 e. The number of amides is 1. The highest BCUT2D eigenvalue weighted by Gasteiger charge is 2.31. The number of ether oxygens (including phenoxy) is 2. The van der Waals surface area contributed by atoms with Gasteiger partial charge in [0.05, 0.1) is 18.6 Å². The Balaban J connectivity index is 1.69. The molecule has 102 valence electrons. The maximum absolute atomic E-state index is 12.5. The average Bonchev–Trinajstić information content (AvgIpc) is 2.46. The lowest BCUT2D eigenvalue weighted by atomic mass is 9.95. The summed E-state index contributed by atoms with van der Waals surface area (Å²) >= 11 is 0. The predicted octanol–water partition coefficient (Wildman–Crippen LogP) is 1.49. The number of benzene rings is 1. The quantitative estimate of drug-likeness (QED) is 0.768. The summed E-state index contributed by atoms with van der Waals surface area (Å²) in [5.41, 5.74) is 1.13. The molecule has 0 aromatic heterocycles. The van der Waals surface area contributed by atoms with Gasteiger partial charge in [0, 0.05) is 13.1 Å². The first-order valence-electron chi connectivity index (χ1n) is 6.85. The summed E-state index contributed by atoms with van der Waals surface area (Å²) in [5.74, 6) is 1.06. The van der Waals surface area contributed by atoms with Crippen molar-refractivity contribution >= 4 is 5.91 Å². The molecule has 4 nitrogen and oxygen atoms in total. The fraction of sp³-hybridized carbons (Fsp3) is 0.533. The zero-order valence-electron chi connectivity index (χ0n) is 11.2. The van der Waals surface area contributed by atoms with Gasteiger partial charge in [-0.3, -0.25) is 4.79 Å². The molecule has 2 aliphatic rings. The van der Waals surface area contributed by atoms with Crippen molar-refractivity contribution in [1.82, 2.24) is 4.90 Å². The first kappa shape index (κ1) is 12.5. The molecular formula is C15H19NO3. The number of hydrogen-bond acceptors (Lipinski definition) is 3. The lowest BCUT2D eigenvalue weighted by molar-refractivity contribution is -0.143. The van der Waals surface area contributed by atoms with Crippen LogP contribution in [0.1, 0.15) is 12.5 Å². The number of rotatable bonds is 1. The molecule has 0 N–H and O–H groups in total. The van der Waals surface area contributed by atoms with Gasteiger partial charge in [0.25, 0.3) is 0 Å². The van der Waals surface area contributed by atoms with E-state index >= 15 is 0 Å². The SMILES string of the molecule is CC1CN(C(=O)C2COc3ccccc3C2)CCO1. The van der Waals surface area contributed by atoms with E-state index in [2.05, 4.69) is 0 Å². The van der Waals surface area contributed by atoms with Crippen LogP contribution in [-0.4, -0.2) is 43.2 Å². The third-order valence-electron chi connectivity index (χ3n) is 3.78. The van der Waals surface area contributed by atoms with Crippen LogP contribution >= 0.6 is 0 Å². The van der Waals surface area contributed by atoms with Crippen LogP contribution in [0.2, 0.25) is 0 Å². The van der Waals surface area contributed by atoms with Gasteiger partial charge in [-0.1, -0.05) is 18.2 Å². The lowest BCUT2D eigenvalue weighted by Crippen LogP contribution is -2.48. The molecule has 1 fully saturated rings. The summed E-state index contributed by atoms with van der Waals surface area (Å²) in [5, 5.41) is 0. The van der Waals surface area contributed by atoms with Gasteiger partial charge in [0.2, 0.25) is 5.91 Å². The predicted molar refractivity (Wildman–Crippen MR) is 71.1 cm³/mol. The Morgan fingerprint density at radius 2 is 2.21 bits per heavy atom. The van der Waals surface area contributed by atoms with Gasteiger partial charge < -0.3 is 14.4 Å². The highest BCUT2D eigenvalue weighted by atomic mass is 16.5. The molecule has 1 amide bonds. The van der Waals surface area contributed by atoms with Gasteiger partial charge in [0.15, 0.2) is 0 Å². The second-order valence-corrected chi connectivity index (χ2v) is 5.29. The first-order valence-corrected chi connectivity index (χ1v) is 6.85. The van der Waals surface area contributed by atoms with E-state index in [0.29, 0.717) is 26.3 Å². The van der Waals surface area contributed by atoms with Crippen LogP contribution in [0.4, 0.5) is 0 Å². The lowest BCUT2D eigenvalue weighted by Gasteiger charge is -2.35. The van der Waals surface area contributed by atoms with Crippen molar-refractivity contribution in [3.63, 3.8) is 0 Å². The van der Waals surface area contributed by atoms with Gasteiger partial charge in [-0.25, -0.2) is 0 Å². The standard InChI is InChI=1S/C15H19NO3/c1-11-9-16(6-7-18-11)15(17)13-8-12-4-2-3-5-14(12)19-10-13/h2-5,11,13H,6-10H2,1H3. The normalized spacial score (nSPS) is 26.5. The van der Waals surface area contributed by atoms with Crippen LogP contribution < -0.4 is 4.74 Å². The minimum atomic E-state index is -0.0554. The number of carbonyl (C=O) groups is 1. The smallest absolute Gasteiger partial charge is 0.229 e. The van der Waals surface area contributed by atoms with Crippen molar-refractivity contribution in [2.75, 3.05) is 26.3 Å². The molecule has 0 saturated carbocycles. The average molecular weight is 261 g/mol. The van der Waals surface area contributed by atoms with Crippen molar-refractivity contribution in [2.45, 2.75) is 19.4 Å². The molecule has 1 saturated heterocycles. The third-order valence-corrected chi connectivity index (χ3v) is 3.78.